The van der Waals surface area contributed by atoms with Crippen LogP contribution in [-0.4, -0.2) is 87.6 Å². The van der Waals surface area contributed by atoms with Gasteiger partial charge >= 0.3 is 23.9 Å². The number of unbranched alkanes of at least 4 members (excludes halogenated alkanes) is 1. The summed E-state index contributed by atoms with van der Waals surface area (Å²) in [6, 6.07) is -3.67. The van der Waals surface area contributed by atoms with Gasteiger partial charge in [-0.3, -0.25) is 19.2 Å². The molecule has 0 amide bonds. The van der Waals surface area contributed by atoms with Crippen LogP contribution in [0.2, 0.25) is 0 Å². The number of hydrogen-bond acceptors (Lipinski definition) is 8. The third kappa shape index (κ3) is 12.2. The summed E-state index contributed by atoms with van der Waals surface area (Å²) in [5.74, 6) is -3.91. The first-order valence-electron chi connectivity index (χ1n) is 13.1. The average molecular weight is 533 g/mol. The zero-order chi connectivity index (χ0) is 28.1. The first-order valence-corrected chi connectivity index (χ1v) is 13.1. The molecule has 1 aliphatic heterocycles. The van der Waals surface area contributed by atoms with Crippen LogP contribution >= 0.6 is 0 Å². The van der Waals surface area contributed by atoms with Gasteiger partial charge in [-0.05, 0) is 70.6 Å². The molecule has 0 radical (unpaired) electrons. The summed E-state index contributed by atoms with van der Waals surface area (Å²) in [6.07, 6.45) is 5.98. The van der Waals surface area contributed by atoms with Crippen molar-refractivity contribution in [1.29, 1.82) is 0 Å². The molecule has 1 fully saturated rings. The standard InChI is InChI=1S/C24H45N5O8/c25-16(21(30)31)4-1-2-11-29-13-14(7-9-18(27)23(34)35)12-15(8-10-19(28)24(36)37)20(29)6-3-5-17(26)22(32)33/h14-20H,1-13,25-28H2,(H,30,31)(H,32,33)(H,34,35)(H,36,37)/p+1/t14?,15?,16-,17-,18-,19-,20?/m0/s1. The van der Waals surface area contributed by atoms with E-state index in [4.69, 9.17) is 38.3 Å². The molecule has 0 aromatic rings. The fraction of sp³-hybridized carbons (Fsp3) is 0.833. The molecule has 0 aromatic heterocycles. The van der Waals surface area contributed by atoms with Gasteiger partial charge in [-0.15, -0.1) is 0 Å². The SMILES string of the molecule is N[C@@H](CCCC[NH+]1CC(CC[C@H](N)C(=O)O)CC(CC[C@H](N)C(=O)O)C1CCC[C@H](N)C(=O)O)C(=O)O. The second kappa shape index (κ2) is 16.5. The predicted octanol–water partition coefficient (Wildman–Crippen LogP) is -1.58. The fourth-order valence-electron chi connectivity index (χ4n) is 5.37. The zero-order valence-electron chi connectivity index (χ0n) is 21.5. The summed E-state index contributed by atoms with van der Waals surface area (Å²) < 4.78 is 0. The third-order valence-electron chi connectivity index (χ3n) is 7.58. The van der Waals surface area contributed by atoms with Crippen molar-refractivity contribution in [3.8, 4) is 0 Å². The number of likely N-dealkylation sites (tertiary alicyclic amines) is 1. The van der Waals surface area contributed by atoms with E-state index < -0.39 is 48.0 Å². The minimum Gasteiger partial charge on any atom is -0.480 e. The van der Waals surface area contributed by atoms with Gasteiger partial charge in [0.05, 0.1) is 19.1 Å². The van der Waals surface area contributed by atoms with Crippen molar-refractivity contribution in [2.24, 2.45) is 34.8 Å². The van der Waals surface area contributed by atoms with E-state index in [9.17, 15) is 24.3 Å². The average Bonchev–Trinajstić information content (AvgIpc) is 2.83. The number of quaternary nitrogens is 1. The molecule has 0 spiro atoms. The quantitative estimate of drug-likeness (QED) is 0.0854. The highest BCUT2D eigenvalue weighted by Crippen LogP contribution is 2.29. The van der Waals surface area contributed by atoms with Crippen molar-refractivity contribution >= 4 is 23.9 Å². The van der Waals surface area contributed by atoms with Crippen LogP contribution < -0.4 is 27.8 Å². The van der Waals surface area contributed by atoms with Crippen LogP contribution in [0.3, 0.4) is 0 Å². The van der Waals surface area contributed by atoms with Crippen LogP contribution in [0, 0.1) is 11.8 Å². The molecule has 0 aliphatic carbocycles. The molecular formula is C24H46N5O8+. The number of piperidine rings is 1. The molecular weight excluding hydrogens is 486 g/mol. The lowest BCUT2D eigenvalue weighted by molar-refractivity contribution is -0.939. The maximum atomic E-state index is 11.3. The molecule has 13 nitrogen and oxygen atoms in total. The molecule has 13 N–H and O–H groups in total. The van der Waals surface area contributed by atoms with Gasteiger partial charge in [-0.2, -0.15) is 0 Å². The van der Waals surface area contributed by atoms with E-state index in [1.807, 2.05) is 0 Å². The Hall–Kier alpha value is -2.32. The largest absolute Gasteiger partial charge is 0.480 e. The maximum Gasteiger partial charge on any atom is 0.320 e. The second-order valence-corrected chi connectivity index (χ2v) is 10.4. The molecule has 8 atom stereocenters. The van der Waals surface area contributed by atoms with Gasteiger partial charge in [-0.25, -0.2) is 0 Å². The first-order chi connectivity index (χ1) is 17.3. The summed E-state index contributed by atoms with van der Waals surface area (Å²) in [5, 5.41) is 36.5. The van der Waals surface area contributed by atoms with Gasteiger partial charge in [-0.1, -0.05) is 0 Å². The van der Waals surface area contributed by atoms with Gasteiger partial charge in [0.1, 0.15) is 24.2 Å². The van der Waals surface area contributed by atoms with E-state index in [0.717, 1.165) is 25.9 Å². The fourth-order valence-corrected chi connectivity index (χ4v) is 5.37. The molecule has 0 bridgehead atoms. The topological polar surface area (TPSA) is 258 Å². The van der Waals surface area contributed by atoms with Gasteiger partial charge in [0.2, 0.25) is 0 Å². The highest BCUT2D eigenvalue weighted by molar-refractivity contribution is 5.74. The van der Waals surface area contributed by atoms with Gasteiger partial charge in [0.25, 0.3) is 0 Å². The van der Waals surface area contributed by atoms with E-state index >= 15 is 0 Å². The minimum atomic E-state index is -1.07. The number of nitrogens with one attached hydrogen (secondary N) is 1. The Bertz CT molecular complexity index is 755. The highest BCUT2D eigenvalue weighted by Gasteiger charge is 2.39. The zero-order valence-corrected chi connectivity index (χ0v) is 21.5. The van der Waals surface area contributed by atoms with E-state index in [2.05, 4.69) is 0 Å². The van der Waals surface area contributed by atoms with Crippen LogP contribution in [0.5, 0.6) is 0 Å². The Labute approximate surface area is 217 Å². The number of carboxylic acids is 4. The van der Waals surface area contributed by atoms with E-state index in [1.54, 1.807) is 0 Å². The third-order valence-corrected chi connectivity index (χ3v) is 7.58. The number of aliphatic carboxylic acids is 4. The van der Waals surface area contributed by atoms with Crippen LogP contribution in [-0.2, 0) is 19.2 Å². The highest BCUT2D eigenvalue weighted by atomic mass is 16.4. The minimum absolute atomic E-state index is 0.113. The number of carbonyl (C=O) groups is 4. The van der Waals surface area contributed by atoms with Gasteiger partial charge in [0.15, 0.2) is 0 Å². The Morgan fingerprint density at radius 3 is 1.62 bits per heavy atom. The normalized spacial score (nSPS) is 25.1. The Balaban J connectivity index is 2.98. The molecule has 1 rings (SSSR count). The molecule has 4 unspecified atom stereocenters. The molecule has 1 aliphatic rings. The summed E-state index contributed by atoms with van der Waals surface area (Å²) >= 11 is 0. The van der Waals surface area contributed by atoms with E-state index in [-0.39, 0.29) is 17.9 Å². The smallest absolute Gasteiger partial charge is 0.320 e. The lowest BCUT2D eigenvalue weighted by Crippen LogP contribution is -3.18. The summed E-state index contributed by atoms with van der Waals surface area (Å²) in [5.41, 5.74) is 22.8. The lowest BCUT2D eigenvalue weighted by Gasteiger charge is -2.43. The van der Waals surface area contributed by atoms with Crippen LogP contribution in [0.15, 0.2) is 0 Å². The molecule has 13 heteroatoms. The molecule has 1 heterocycles. The van der Waals surface area contributed by atoms with E-state index in [1.165, 1.54) is 4.90 Å². The summed E-state index contributed by atoms with van der Waals surface area (Å²) in [4.78, 5) is 45.9. The summed E-state index contributed by atoms with van der Waals surface area (Å²) in [7, 11) is 0. The Kier molecular flexibility index (Phi) is 14.6. The molecule has 0 saturated carbocycles. The molecule has 37 heavy (non-hydrogen) atoms. The van der Waals surface area contributed by atoms with Crippen LogP contribution in [0.4, 0.5) is 0 Å². The second-order valence-electron chi connectivity index (χ2n) is 10.4. The number of hydrogen-bond donors (Lipinski definition) is 9. The number of rotatable bonds is 19. The van der Waals surface area contributed by atoms with Crippen LogP contribution in [0.25, 0.3) is 0 Å². The van der Waals surface area contributed by atoms with Gasteiger partial charge in [0, 0.05) is 11.8 Å². The maximum absolute atomic E-state index is 11.3. The Morgan fingerprint density at radius 1 is 0.649 bits per heavy atom. The Morgan fingerprint density at radius 2 is 1.11 bits per heavy atom. The summed E-state index contributed by atoms with van der Waals surface area (Å²) in [6.45, 7) is 1.51. The molecule has 0 aromatic carbocycles. The van der Waals surface area contributed by atoms with Crippen molar-refractivity contribution in [2.45, 2.75) is 101 Å². The van der Waals surface area contributed by atoms with Crippen molar-refractivity contribution in [3.05, 3.63) is 0 Å². The molecule has 1 saturated heterocycles. The first kappa shape index (κ1) is 32.7. The predicted molar refractivity (Wildman–Crippen MR) is 135 cm³/mol. The van der Waals surface area contributed by atoms with Crippen molar-refractivity contribution in [2.75, 3.05) is 13.1 Å². The number of carboxylic acid groups (broad SMARTS) is 4. The van der Waals surface area contributed by atoms with Crippen LogP contribution in [0.1, 0.15) is 70.6 Å². The monoisotopic (exact) mass is 532 g/mol. The van der Waals surface area contributed by atoms with Crippen molar-refractivity contribution in [3.63, 3.8) is 0 Å². The molecule has 214 valence electrons. The number of nitrogens with two attached hydrogens (primary N) is 4. The van der Waals surface area contributed by atoms with Crippen molar-refractivity contribution < 1.29 is 44.5 Å². The van der Waals surface area contributed by atoms with Gasteiger partial charge < -0.3 is 48.3 Å². The van der Waals surface area contributed by atoms with Crippen molar-refractivity contribution in [1.82, 2.24) is 0 Å². The lowest BCUT2D eigenvalue weighted by atomic mass is 9.76. The van der Waals surface area contributed by atoms with E-state index in [0.29, 0.717) is 57.8 Å².